The summed E-state index contributed by atoms with van der Waals surface area (Å²) in [5.74, 6) is 0.923. The fraction of sp³-hybridized carbons (Fsp3) is 0.750. The third kappa shape index (κ3) is 2.66. The predicted octanol–water partition coefficient (Wildman–Crippen LogP) is 2.65. The molecule has 0 aromatic carbocycles. The second kappa shape index (κ2) is 4.88. The summed E-state index contributed by atoms with van der Waals surface area (Å²) < 4.78 is 3.22. The van der Waals surface area contributed by atoms with E-state index in [0.29, 0.717) is 6.04 Å². The lowest BCUT2D eigenvalue weighted by molar-refractivity contribution is 0.459. The largest absolute Gasteiger partial charge is 0.312 e. The van der Waals surface area contributed by atoms with Gasteiger partial charge in [-0.3, -0.25) is 4.68 Å². The zero-order valence-electron chi connectivity index (χ0n) is 10.3. The Bertz CT molecular complexity index is 369. The average molecular weight is 286 g/mol. The Morgan fingerprint density at radius 2 is 2.19 bits per heavy atom. The van der Waals surface area contributed by atoms with E-state index in [2.05, 4.69) is 44.9 Å². The van der Waals surface area contributed by atoms with Crippen molar-refractivity contribution in [3.8, 4) is 0 Å². The Hall–Kier alpha value is -0.350. The lowest BCUT2D eigenvalue weighted by atomic mass is 10.2. The van der Waals surface area contributed by atoms with Crippen LogP contribution in [0.15, 0.2) is 4.47 Å². The van der Waals surface area contributed by atoms with Crippen LogP contribution >= 0.6 is 15.9 Å². The quantitative estimate of drug-likeness (QED) is 0.902. The third-order valence-corrected chi connectivity index (χ3v) is 4.56. The van der Waals surface area contributed by atoms with Crippen LogP contribution in [-0.2, 0) is 6.54 Å². The molecule has 0 radical (unpaired) electrons. The molecule has 3 nitrogen and oxygen atoms in total. The normalized spacial score (nSPS) is 17.8. The van der Waals surface area contributed by atoms with Gasteiger partial charge in [-0.15, -0.1) is 0 Å². The van der Waals surface area contributed by atoms with Gasteiger partial charge >= 0.3 is 0 Å². The van der Waals surface area contributed by atoms with Crippen LogP contribution in [0, 0.1) is 19.8 Å². The van der Waals surface area contributed by atoms with Crippen LogP contribution in [0.1, 0.15) is 31.2 Å². The number of rotatable bonds is 5. The van der Waals surface area contributed by atoms with E-state index < -0.39 is 0 Å². The Morgan fingerprint density at radius 3 is 2.69 bits per heavy atom. The molecule has 4 heteroatoms. The van der Waals surface area contributed by atoms with Crippen LogP contribution < -0.4 is 5.32 Å². The zero-order chi connectivity index (χ0) is 11.7. The molecule has 1 fully saturated rings. The molecular weight excluding hydrogens is 266 g/mol. The Kier molecular flexibility index (Phi) is 3.70. The van der Waals surface area contributed by atoms with Crippen molar-refractivity contribution in [2.45, 2.75) is 46.2 Å². The predicted molar refractivity (Wildman–Crippen MR) is 69.6 cm³/mol. The standard InChI is InChI=1S/C12H20BrN3/c1-8(11-4-5-11)14-6-7-16-10(3)12(13)9(2)15-16/h8,11,14H,4-7H2,1-3H3. The molecule has 90 valence electrons. The van der Waals surface area contributed by atoms with Gasteiger partial charge in [0.25, 0.3) is 0 Å². The highest BCUT2D eigenvalue weighted by Crippen LogP contribution is 2.32. The fourth-order valence-corrected chi connectivity index (χ4v) is 2.34. The van der Waals surface area contributed by atoms with Crippen molar-refractivity contribution in [2.24, 2.45) is 5.92 Å². The molecule has 1 unspecified atom stereocenters. The Balaban J connectivity index is 1.82. The van der Waals surface area contributed by atoms with E-state index in [9.17, 15) is 0 Å². The summed E-state index contributed by atoms with van der Waals surface area (Å²) in [5, 5.41) is 8.07. The van der Waals surface area contributed by atoms with Crippen LogP contribution in [0.25, 0.3) is 0 Å². The smallest absolute Gasteiger partial charge is 0.0738 e. The van der Waals surface area contributed by atoms with Gasteiger partial charge in [0.15, 0.2) is 0 Å². The van der Waals surface area contributed by atoms with Gasteiger partial charge < -0.3 is 5.32 Å². The van der Waals surface area contributed by atoms with Crippen LogP contribution in [-0.4, -0.2) is 22.4 Å². The second-order valence-corrected chi connectivity index (χ2v) is 5.58. The Labute approximate surface area is 106 Å². The number of aryl methyl sites for hydroxylation is 1. The molecule has 1 aliphatic rings. The summed E-state index contributed by atoms with van der Waals surface area (Å²) in [7, 11) is 0. The first kappa shape index (κ1) is 12.1. The summed E-state index contributed by atoms with van der Waals surface area (Å²) in [5.41, 5.74) is 2.30. The lowest BCUT2D eigenvalue weighted by Crippen LogP contribution is -2.31. The van der Waals surface area contributed by atoms with Crippen LogP contribution in [0.2, 0.25) is 0 Å². The van der Waals surface area contributed by atoms with Crippen molar-refractivity contribution >= 4 is 15.9 Å². The zero-order valence-corrected chi connectivity index (χ0v) is 11.8. The Morgan fingerprint density at radius 1 is 1.50 bits per heavy atom. The molecule has 1 atom stereocenters. The van der Waals surface area contributed by atoms with Gasteiger partial charge in [-0.25, -0.2) is 0 Å². The van der Waals surface area contributed by atoms with E-state index in [1.54, 1.807) is 0 Å². The molecule has 16 heavy (non-hydrogen) atoms. The average Bonchev–Trinajstić information content (AvgIpc) is 3.05. The molecule has 1 heterocycles. The van der Waals surface area contributed by atoms with Gasteiger partial charge in [0.05, 0.1) is 16.7 Å². The summed E-state index contributed by atoms with van der Waals surface area (Å²) in [4.78, 5) is 0. The van der Waals surface area contributed by atoms with E-state index in [4.69, 9.17) is 0 Å². The lowest BCUT2D eigenvalue weighted by Gasteiger charge is -2.13. The number of halogens is 1. The summed E-state index contributed by atoms with van der Waals surface area (Å²) in [6.45, 7) is 8.39. The number of nitrogens with one attached hydrogen (secondary N) is 1. The molecule has 0 saturated heterocycles. The molecule has 1 aromatic rings. The molecule has 0 bridgehead atoms. The SMILES string of the molecule is Cc1nn(CCNC(C)C2CC2)c(C)c1Br. The molecule has 1 saturated carbocycles. The van der Waals surface area contributed by atoms with Gasteiger partial charge in [-0.1, -0.05) is 0 Å². The van der Waals surface area contributed by atoms with Gasteiger partial charge in [-0.2, -0.15) is 5.10 Å². The summed E-state index contributed by atoms with van der Waals surface area (Å²) in [6, 6.07) is 0.667. The van der Waals surface area contributed by atoms with Crippen molar-refractivity contribution in [3.63, 3.8) is 0 Å². The van der Waals surface area contributed by atoms with E-state index in [1.807, 2.05) is 6.92 Å². The summed E-state index contributed by atoms with van der Waals surface area (Å²) in [6.07, 6.45) is 2.80. The second-order valence-electron chi connectivity index (χ2n) is 4.79. The molecule has 1 aliphatic carbocycles. The van der Waals surface area contributed by atoms with Gasteiger partial charge in [-0.05, 0) is 55.5 Å². The first-order valence-electron chi connectivity index (χ1n) is 6.02. The fourth-order valence-electron chi connectivity index (χ4n) is 2.05. The van der Waals surface area contributed by atoms with Crippen LogP contribution in [0.4, 0.5) is 0 Å². The van der Waals surface area contributed by atoms with Gasteiger partial charge in [0.1, 0.15) is 0 Å². The van der Waals surface area contributed by atoms with E-state index >= 15 is 0 Å². The molecule has 2 rings (SSSR count). The number of nitrogens with zero attached hydrogens (tertiary/aromatic N) is 2. The third-order valence-electron chi connectivity index (χ3n) is 3.41. The molecule has 0 amide bonds. The molecule has 1 aromatic heterocycles. The minimum atomic E-state index is 0.667. The van der Waals surface area contributed by atoms with Crippen molar-refractivity contribution in [1.29, 1.82) is 0 Å². The molecule has 0 spiro atoms. The first-order valence-corrected chi connectivity index (χ1v) is 6.81. The van der Waals surface area contributed by atoms with Crippen LogP contribution in [0.5, 0.6) is 0 Å². The number of hydrogen-bond acceptors (Lipinski definition) is 2. The van der Waals surface area contributed by atoms with E-state index in [0.717, 1.165) is 29.2 Å². The van der Waals surface area contributed by atoms with E-state index in [1.165, 1.54) is 18.5 Å². The highest BCUT2D eigenvalue weighted by Gasteiger charge is 2.27. The summed E-state index contributed by atoms with van der Waals surface area (Å²) >= 11 is 3.55. The molecule has 1 N–H and O–H groups in total. The topological polar surface area (TPSA) is 29.9 Å². The van der Waals surface area contributed by atoms with Crippen molar-refractivity contribution in [2.75, 3.05) is 6.54 Å². The van der Waals surface area contributed by atoms with E-state index in [-0.39, 0.29) is 0 Å². The maximum Gasteiger partial charge on any atom is 0.0738 e. The minimum Gasteiger partial charge on any atom is -0.312 e. The van der Waals surface area contributed by atoms with Gasteiger partial charge in [0.2, 0.25) is 0 Å². The first-order chi connectivity index (χ1) is 7.59. The number of hydrogen-bond donors (Lipinski definition) is 1. The maximum atomic E-state index is 4.50. The maximum absolute atomic E-state index is 4.50. The molecular formula is C12H20BrN3. The minimum absolute atomic E-state index is 0.667. The van der Waals surface area contributed by atoms with Crippen LogP contribution in [0.3, 0.4) is 0 Å². The van der Waals surface area contributed by atoms with Crippen molar-refractivity contribution in [1.82, 2.24) is 15.1 Å². The van der Waals surface area contributed by atoms with Crippen molar-refractivity contribution in [3.05, 3.63) is 15.9 Å². The highest BCUT2D eigenvalue weighted by molar-refractivity contribution is 9.10. The highest BCUT2D eigenvalue weighted by atomic mass is 79.9. The monoisotopic (exact) mass is 285 g/mol. The van der Waals surface area contributed by atoms with Crippen molar-refractivity contribution < 1.29 is 0 Å². The van der Waals surface area contributed by atoms with Gasteiger partial charge in [0, 0.05) is 18.3 Å². The number of aromatic nitrogens is 2. The molecule has 0 aliphatic heterocycles.